The molecule has 1 heterocycles. The summed E-state index contributed by atoms with van der Waals surface area (Å²) in [4.78, 5) is 12.3. The molecule has 0 saturated heterocycles. The van der Waals surface area contributed by atoms with Crippen molar-refractivity contribution in [2.24, 2.45) is 7.05 Å². The smallest absolute Gasteiger partial charge is 0.315 e. The zero-order valence-electron chi connectivity index (χ0n) is 14.3. The number of nitrogens with one attached hydrogen (secondary N) is 2. The third-order valence-corrected chi connectivity index (χ3v) is 3.92. The van der Waals surface area contributed by atoms with Gasteiger partial charge in [-0.2, -0.15) is 5.10 Å². The van der Waals surface area contributed by atoms with E-state index < -0.39 is 0 Å². The molecule has 2 rings (SSSR count). The number of carbonyl (C=O) groups excluding carboxylic acids is 1. The van der Waals surface area contributed by atoms with Crippen LogP contribution in [-0.2, 0) is 20.0 Å². The Morgan fingerprint density at radius 2 is 2.08 bits per heavy atom. The van der Waals surface area contributed by atoms with E-state index in [1.165, 1.54) is 0 Å². The fourth-order valence-electron chi connectivity index (χ4n) is 2.72. The lowest BCUT2D eigenvalue weighted by Crippen LogP contribution is -2.37. The fourth-order valence-corrected chi connectivity index (χ4v) is 2.72. The van der Waals surface area contributed by atoms with Crippen molar-refractivity contribution in [2.75, 3.05) is 6.61 Å². The van der Waals surface area contributed by atoms with E-state index in [-0.39, 0.29) is 18.7 Å². The Kier molecular flexibility index (Phi) is 6.81. The summed E-state index contributed by atoms with van der Waals surface area (Å²) < 4.78 is 1.77. The van der Waals surface area contributed by atoms with E-state index in [1.807, 2.05) is 50.5 Å². The van der Waals surface area contributed by atoms with Gasteiger partial charge in [-0.3, -0.25) is 4.68 Å². The van der Waals surface area contributed by atoms with Crippen LogP contribution in [0.25, 0.3) is 0 Å². The molecule has 1 unspecified atom stereocenters. The lowest BCUT2D eigenvalue weighted by atomic mass is 10.0. The third kappa shape index (κ3) is 5.09. The topological polar surface area (TPSA) is 79.2 Å². The molecular formula is C18H26N4O2. The molecule has 0 fully saturated rings. The number of aromatic nitrogens is 2. The summed E-state index contributed by atoms with van der Waals surface area (Å²) in [6, 6.07) is 9.48. The van der Waals surface area contributed by atoms with E-state index in [1.54, 1.807) is 4.68 Å². The average Bonchev–Trinajstić information content (AvgIpc) is 2.97. The van der Waals surface area contributed by atoms with E-state index in [0.717, 1.165) is 23.2 Å². The first-order valence-corrected chi connectivity index (χ1v) is 8.35. The monoisotopic (exact) mass is 330 g/mol. The molecular weight excluding hydrogens is 304 g/mol. The minimum absolute atomic E-state index is 0.113. The molecule has 0 aliphatic carbocycles. The second-order valence-electron chi connectivity index (χ2n) is 5.78. The molecule has 0 radical (unpaired) electrons. The van der Waals surface area contributed by atoms with Crippen LogP contribution in [0.4, 0.5) is 4.79 Å². The van der Waals surface area contributed by atoms with Crippen LogP contribution < -0.4 is 10.6 Å². The van der Waals surface area contributed by atoms with E-state index in [4.69, 9.17) is 5.11 Å². The van der Waals surface area contributed by atoms with Crippen LogP contribution in [0.2, 0.25) is 0 Å². The number of aliphatic hydroxyl groups is 1. The molecule has 1 atom stereocenters. The molecule has 6 heteroatoms. The van der Waals surface area contributed by atoms with Crippen LogP contribution in [0.5, 0.6) is 0 Å². The Hall–Kier alpha value is -2.34. The van der Waals surface area contributed by atoms with Gasteiger partial charge in [-0.15, -0.1) is 0 Å². The Morgan fingerprint density at radius 3 is 2.75 bits per heavy atom. The first-order valence-electron chi connectivity index (χ1n) is 8.35. The molecule has 0 spiro atoms. The second kappa shape index (κ2) is 9.08. The first-order chi connectivity index (χ1) is 11.6. The van der Waals surface area contributed by atoms with Gasteiger partial charge in [0.2, 0.25) is 0 Å². The van der Waals surface area contributed by atoms with Gasteiger partial charge in [0.05, 0.1) is 11.7 Å². The summed E-state index contributed by atoms with van der Waals surface area (Å²) in [5, 5.41) is 19.3. The average molecular weight is 330 g/mol. The van der Waals surface area contributed by atoms with Gasteiger partial charge >= 0.3 is 6.03 Å². The Morgan fingerprint density at radius 1 is 1.33 bits per heavy atom. The summed E-state index contributed by atoms with van der Waals surface area (Å²) in [6.45, 7) is 2.61. The number of hydrogen-bond acceptors (Lipinski definition) is 3. The van der Waals surface area contributed by atoms with E-state index in [0.29, 0.717) is 19.4 Å². The molecule has 0 aliphatic rings. The highest BCUT2D eigenvalue weighted by molar-refractivity contribution is 5.74. The summed E-state index contributed by atoms with van der Waals surface area (Å²) in [5.74, 6) is 0. The predicted octanol–water partition coefficient (Wildman–Crippen LogP) is 2.30. The zero-order valence-corrected chi connectivity index (χ0v) is 14.3. The Labute approximate surface area is 142 Å². The molecule has 1 aromatic heterocycles. The quantitative estimate of drug-likeness (QED) is 0.695. The summed E-state index contributed by atoms with van der Waals surface area (Å²) in [5.41, 5.74) is 3.07. The van der Waals surface area contributed by atoms with Crippen molar-refractivity contribution in [2.45, 2.75) is 38.8 Å². The number of hydrogen-bond donors (Lipinski definition) is 3. The van der Waals surface area contributed by atoms with E-state index in [2.05, 4.69) is 15.7 Å². The number of aryl methyl sites for hydroxylation is 2. The van der Waals surface area contributed by atoms with Gasteiger partial charge in [-0.1, -0.05) is 37.3 Å². The van der Waals surface area contributed by atoms with Crippen molar-refractivity contribution in [3.63, 3.8) is 0 Å². The SMILES string of the molecule is CCc1nn(C)cc1CNC(=O)NC(CCCO)c1ccccc1. The van der Waals surface area contributed by atoms with Gasteiger partial charge in [-0.05, 0) is 24.8 Å². The van der Waals surface area contributed by atoms with Crippen molar-refractivity contribution in [3.05, 3.63) is 53.3 Å². The summed E-state index contributed by atoms with van der Waals surface area (Å²) in [6.07, 6.45) is 4.10. The van der Waals surface area contributed by atoms with E-state index >= 15 is 0 Å². The molecule has 0 aliphatic heterocycles. The second-order valence-corrected chi connectivity index (χ2v) is 5.78. The number of urea groups is 1. The molecule has 6 nitrogen and oxygen atoms in total. The molecule has 130 valence electrons. The van der Waals surface area contributed by atoms with Gasteiger partial charge in [0.15, 0.2) is 0 Å². The van der Waals surface area contributed by atoms with Crippen molar-refractivity contribution in [3.8, 4) is 0 Å². The van der Waals surface area contributed by atoms with Crippen LogP contribution in [0.1, 0.15) is 42.6 Å². The van der Waals surface area contributed by atoms with Crippen molar-refractivity contribution >= 4 is 6.03 Å². The minimum Gasteiger partial charge on any atom is -0.396 e. The minimum atomic E-state index is -0.215. The number of carbonyl (C=O) groups is 1. The van der Waals surface area contributed by atoms with Gasteiger partial charge < -0.3 is 15.7 Å². The fraction of sp³-hybridized carbons (Fsp3) is 0.444. The Balaban J connectivity index is 1.94. The van der Waals surface area contributed by atoms with Crippen molar-refractivity contribution < 1.29 is 9.90 Å². The molecule has 0 bridgehead atoms. The van der Waals surface area contributed by atoms with Crippen LogP contribution in [0.3, 0.4) is 0 Å². The van der Waals surface area contributed by atoms with Gasteiger partial charge in [0, 0.05) is 32.0 Å². The van der Waals surface area contributed by atoms with Gasteiger partial charge in [0.1, 0.15) is 0 Å². The molecule has 0 saturated carbocycles. The van der Waals surface area contributed by atoms with Crippen LogP contribution in [0.15, 0.2) is 36.5 Å². The van der Waals surface area contributed by atoms with Crippen LogP contribution in [0, 0.1) is 0 Å². The highest BCUT2D eigenvalue weighted by atomic mass is 16.3. The lowest BCUT2D eigenvalue weighted by Gasteiger charge is -2.19. The maximum atomic E-state index is 12.3. The van der Waals surface area contributed by atoms with Gasteiger partial charge in [-0.25, -0.2) is 4.79 Å². The van der Waals surface area contributed by atoms with Gasteiger partial charge in [0.25, 0.3) is 0 Å². The number of amides is 2. The normalized spacial score (nSPS) is 12.0. The number of nitrogens with zero attached hydrogens (tertiary/aromatic N) is 2. The molecule has 2 amide bonds. The number of aliphatic hydroxyl groups excluding tert-OH is 1. The lowest BCUT2D eigenvalue weighted by molar-refractivity contribution is 0.232. The molecule has 3 N–H and O–H groups in total. The van der Waals surface area contributed by atoms with Crippen LogP contribution in [-0.4, -0.2) is 27.5 Å². The number of benzene rings is 1. The Bertz CT molecular complexity index is 640. The largest absolute Gasteiger partial charge is 0.396 e. The molecule has 2 aromatic rings. The standard InChI is InChI=1S/C18H26N4O2/c1-3-16-15(13-22(2)21-16)12-19-18(24)20-17(10-7-11-23)14-8-5-4-6-9-14/h4-6,8-9,13,17,23H,3,7,10-12H2,1-2H3,(H2,19,20,24). The maximum absolute atomic E-state index is 12.3. The van der Waals surface area contributed by atoms with Crippen molar-refractivity contribution in [1.29, 1.82) is 0 Å². The van der Waals surface area contributed by atoms with Crippen molar-refractivity contribution in [1.82, 2.24) is 20.4 Å². The zero-order chi connectivity index (χ0) is 17.4. The predicted molar refractivity (Wildman–Crippen MR) is 93.5 cm³/mol. The van der Waals surface area contributed by atoms with Crippen LogP contribution >= 0.6 is 0 Å². The molecule has 24 heavy (non-hydrogen) atoms. The maximum Gasteiger partial charge on any atom is 0.315 e. The highest BCUT2D eigenvalue weighted by Crippen LogP contribution is 2.18. The molecule has 1 aromatic carbocycles. The summed E-state index contributed by atoms with van der Waals surface area (Å²) >= 11 is 0. The third-order valence-electron chi connectivity index (χ3n) is 3.92. The number of rotatable bonds is 8. The van der Waals surface area contributed by atoms with E-state index in [9.17, 15) is 4.79 Å². The summed E-state index contributed by atoms with van der Waals surface area (Å²) in [7, 11) is 1.88. The highest BCUT2D eigenvalue weighted by Gasteiger charge is 2.14. The first kappa shape index (κ1) is 18.0.